The van der Waals surface area contributed by atoms with Gasteiger partial charge in [-0.25, -0.2) is 4.98 Å². The molecule has 0 aromatic carbocycles. The van der Waals surface area contributed by atoms with Crippen LogP contribution in [0.2, 0.25) is 0 Å². The third-order valence-corrected chi connectivity index (χ3v) is 4.97. The molecule has 0 saturated heterocycles. The van der Waals surface area contributed by atoms with Gasteiger partial charge in [0, 0.05) is 24.7 Å². The number of imidazole rings is 1. The zero-order valence-corrected chi connectivity index (χ0v) is 12.6. The van der Waals surface area contributed by atoms with Crippen LogP contribution in [0.1, 0.15) is 23.0 Å². The minimum atomic E-state index is -0.0678. The molecular formula is C13H15N3O2S2. The van der Waals surface area contributed by atoms with E-state index in [2.05, 4.69) is 10.3 Å². The van der Waals surface area contributed by atoms with Crippen LogP contribution in [0, 0.1) is 5.92 Å². The van der Waals surface area contributed by atoms with Crippen molar-refractivity contribution >= 4 is 43.9 Å². The third kappa shape index (κ3) is 2.44. The Morgan fingerprint density at radius 2 is 2.45 bits per heavy atom. The van der Waals surface area contributed by atoms with E-state index in [1.807, 2.05) is 29.0 Å². The lowest BCUT2D eigenvalue weighted by molar-refractivity contribution is 0.0949. The Kier molecular flexibility index (Phi) is 3.73. The number of carbonyl (C=O) groups excluding carboxylic acids is 1. The molecule has 5 nitrogen and oxygen atoms in total. The molecule has 0 aliphatic heterocycles. The highest BCUT2D eigenvalue weighted by atomic mass is 32.1. The van der Waals surface area contributed by atoms with Gasteiger partial charge in [0.25, 0.3) is 5.91 Å². The number of amides is 1. The van der Waals surface area contributed by atoms with Crippen LogP contribution in [0.3, 0.4) is 0 Å². The van der Waals surface area contributed by atoms with Gasteiger partial charge >= 0.3 is 0 Å². The number of aromatic nitrogens is 2. The van der Waals surface area contributed by atoms with Gasteiger partial charge in [-0.1, -0.05) is 6.92 Å². The topological polar surface area (TPSA) is 66.6 Å². The van der Waals surface area contributed by atoms with Crippen LogP contribution in [0.25, 0.3) is 15.3 Å². The summed E-state index contributed by atoms with van der Waals surface area (Å²) >= 11 is 3.00. The predicted octanol–water partition coefficient (Wildman–Crippen LogP) is 2.36. The number of carbonyl (C=O) groups is 1. The van der Waals surface area contributed by atoms with E-state index >= 15 is 0 Å². The summed E-state index contributed by atoms with van der Waals surface area (Å²) in [6.45, 7) is 2.74. The fourth-order valence-corrected chi connectivity index (χ4v) is 3.75. The fraction of sp³-hybridized carbons (Fsp3) is 0.385. The minimum absolute atomic E-state index is 0.0678. The van der Waals surface area contributed by atoms with Crippen molar-refractivity contribution in [3.63, 3.8) is 0 Å². The van der Waals surface area contributed by atoms with Gasteiger partial charge in [-0.3, -0.25) is 9.20 Å². The van der Waals surface area contributed by atoms with Gasteiger partial charge in [-0.15, -0.1) is 22.7 Å². The number of aliphatic hydroxyl groups is 1. The van der Waals surface area contributed by atoms with Crippen molar-refractivity contribution in [1.29, 1.82) is 0 Å². The van der Waals surface area contributed by atoms with Crippen molar-refractivity contribution in [1.82, 2.24) is 14.7 Å². The van der Waals surface area contributed by atoms with Crippen LogP contribution in [-0.4, -0.2) is 33.6 Å². The first-order valence-electron chi connectivity index (χ1n) is 6.43. The maximum absolute atomic E-state index is 12.1. The molecule has 20 heavy (non-hydrogen) atoms. The normalized spacial score (nSPS) is 13.1. The number of thiazole rings is 1. The number of rotatable bonds is 5. The van der Waals surface area contributed by atoms with Gasteiger partial charge in [-0.2, -0.15) is 0 Å². The average Bonchev–Trinajstić information content (AvgIpc) is 3.07. The van der Waals surface area contributed by atoms with Crippen molar-refractivity contribution in [2.75, 3.05) is 13.2 Å². The number of aliphatic hydroxyl groups excluding tert-OH is 1. The molecule has 0 radical (unpaired) electrons. The van der Waals surface area contributed by atoms with E-state index in [9.17, 15) is 4.79 Å². The number of hydrogen-bond acceptors (Lipinski definition) is 5. The average molecular weight is 309 g/mol. The molecule has 7 heteroatoms. The minimum Gasteiger partial charge on any atom is -0.396 e. The molecule has 0 fully saturated rings. The number of hydrogen-bond donors (Lipinski definition) is 2. The van der Waals surface area contributed by atoms with Crippen molar-refractivity contribution < 1.29 is 9.90 Å². The second-order valence-corrected chi connectivity index (χ2v) is 6.70. The molecule has 0 bridgehead atoms. The van der Waals surface area contributed by atoms with Crippen LogP contribution in [0.5, 0.6) is 0 Å². The van der Waals surface area contributed by atoms with Gasteiger partial charge in [-0.05, 0) is 18.4 Å². The number of nitrogens with zero attached hydrogens (tertiary/aromatic N) is 2. The number of nitrogens with one attached hydrogen (secondary N) is 1. The highest BCUT2D eigenvalue weighted by Gasteiger charge is 2.15. The SMILES string of the molecule is CC(CCO)CNC(=O)c1cc2c(nc3sccn32)s1. The molecule has 0 aliphatic rings. The van der Waals surface area contributed by atoms with Gasteiger partial charge in [0.2, 0.25) is 0 Å². The van der Waals surface area contributed by atoms with E-state index in [1.54, 1.807) is 11.3 Å². The second kappa shape index (κ2) is 5.51. The summed E-state index contributed by atoms with van der Waals surface area (Å²) < 4.78 is 2.00. The number of fused-ring (bicyclic) bond motifs is 3. The van der Waals surface area contributed by atoms with Crippen LogP contribution in [0.4, 0.5) is 0 Å². The largest absolute Gasteiger partial charge is 0.396 e. The molecule has 3 heterocycles. The van der Waals surface area contributed by atoms with E-state index < -0.39 is 0 Å². The quantitative estimate of drug-likeness (QED) is 0.760. The lowest BCUT2D eigenvalue weighted by Gasteiger charge is -2.09. The Labute approximate surface area is 123 Å². The Bertz CT molecular complexity index is 743. The summed E-state index contributed by atoms with van der Waals surface area (Å²) in [5.74, 6) is 0.208. The zero-order valence-electron chi connectivity index (χ0n) is 11.0. The maximum atomic E-state index is 12.1. The molecule has 0 saturated carbocycles. The van der Waals surface area contributed by atoms with Crippen LogP contribution >= 0.6 is 22.7 Å². The Balaban J connectivity index is 1.76. The number of thiophene rings is 1. The summed E-state index contributed by atoms with van der Waals surface area (Å²) in [6, 6.07) is 1.89. The Hall–Kier alpha value is -1.44. The smallest absolute Gasteiger partial charge is 0.261 e. The summed E-state index contributed by atoms with van der Waals surface area (Å²) in [7, 11) is 0. The molecule has 3 aromatic rings. The molecule has 1 unspecified atom stereocenters. The molecule has 1 atom stereocenters. The van der Waals surface area contributed by atoms with Gasteiger partial charge in [0.05, 0.1) is 10.4 Å². The first-order chi connectivity index (χ1) is 9.69. The van der Waals surface area contributed by atoms with E-state index in [4.69, 9.17) is 5.11 Å². The van der Waals surface area contributed by atoms with Gasteiger partial charge < -0.3 is 10.4 Å². The standard InChI is InChI=1S/C13H15N3O2S2/c1-8(2-4-17)7-14-11(18)10-6-9-12(20-10)15-13-16(9)3-5-19-13/h3,5-6,8,17H,2,4,7H2,1H3,(H,14,18). The summed E-state index contributed by atoms with van der Waals surface area (Å²) in [5, 5.41) is 13.7. The molecule has 0 spiro atoms. The molecule has 3 rings (SSSR count). The van der Waals surface area contributed by atoms with Gasteiger partial charge in [0.15, 0.2) is 4.96 Å². The van der Waals surface area contributed by atoms with Crippen molar-refractivity contribution in [2.24, 2.45) is 5.92 Å². The van der Waals surface area contributed by atoms with Crippen molar-refractivity contribution in [3.05, 3.63) is 22.5 Å². The van der Waals surface area contributed by atoms with E-state index in [0.717, 1.165) is 15.3 Å². The van der Waals surface area contributed by atoms with Crippen LogP contribution in [0.15, 0.2) is 17.6 Å². The molecule has 106 valence electrons. The molecule has 1 amide bonds. The van der Waals surface area contributed by atoms with Gasteiger partial charge in [0.1, 0.15) is 4.83 Å². The zero-order chi connectivity index (χ0) is 14.1. The van der Waals surface area contributed by atoms with Crippen molar-refractivity contribution in [3.8, 4) is 0 Å². The summed E-state index contributed by atoms with van der Waals surface area (Å²) in [6.07, 6.45) is 2.66. The lowest BCUT2D eigenvalue weighted by Crippen LogP contribution is -2.28. The first-order valence-corrected chi connectivity index (χ1v) is 8.13. The van der Waals surface area contributed by atoms with E-state index in [-0.39, 0.29) is 18.4 Å². The highest BCUT2D eigenvalue weighted by molar-refractivity contribution is 7.21. The monoisotopic (exact) mass is 309 g/mol. The second-order valence-electron chi connectivity index (χ2n) is 4.80. The van der Waals surface area contributed by atoms with Crippen LogP contribution in [-0.2, 0) is 0 Å². The van der Waals surface area contributed by atoms with E-state index in [0.29, 0.717) is 17.8 Å². The molecule has 0 aliphatic carbocycles. The molecule has 3 aromatic heterocycles. The highest BCUT2D eigenvalue weighted by Crippen LogP contribution is 2.28. The van der Waals surface area contributed by atoms with Crippen molar-refractivity contribution in [2.45, 2.75) is 13.3 Å². The summed E-state index contributed by atoms with van der Waals surface area (Å²) in [5.41, 5.74) is 0.986. The Morgan fingerprint density at radius 1 is 1.60 bits per heavy atom. The fourth-order valence-electron chi connectivity index (χ4n) is 2.04. The maximum Gasteiger partial charge on any atom is 0.261 e. The van der Waals surface area contributed by atoms with Crippen LogP contribution < -0.4 is 5.32 Å². The summed E-state index contributed by atoms with van der Waals surface area (Å²) in [4.78, 5) is 19.1. The third-order valence-electron chi connectivity index (χ3n) is 3.20. The van der Waals surface area contributed by atoms with E-state index in [1.165, 1.54) is 11.3 Å². The molecule has 2 N–H and O–H groups in total. The predicted molar refractivity (Wildman–Crippen MR) is 81.7 cm³/mol. The molecular weight excluding hydrogens is 294 g/mol. The Morgan fingerprint density at radius 3 is 3.25 bits per heavy atom. The lowest BCUT2D eigenvalue weighted by atomic mass is 10.1. The first kappa shape index (κ1) is 13.5.